The zero-order valence-corrected chi connectivity index (χ0v) is 24.7. The lowest BCUT2D eigenvalue weighted by Crippen LogP contribution is -2.45. The van der Waals surface area contributed by atoms with Gasteiger partial charge in [-0.2, -0.15) is 0 Å². The van der Waals surface area contributed by atoms with Crippen LogP contribution in [0, 0.1) is 17.6 Å². The van der Waals surface area contributed by atoms with Gasteiger partial charge in [0.2, 0.25) is 0 Å². The number of ketones is 2. The molecule has 5 rings (SSSR count). The molecule has 2 aliphatic heterocycles. The Kier molecular flexibility index (Phi) is 9.49. The monoisotopic (exact) mass is 610 g/mol. The average Bonchev–Trinajstić information content (AvgIpc) is 3.49. The number of piperidine rings is 1. The van der Waals surface area contributed by atoms with Crippen molar-refractivity contribution in [3.05, 3.63) is 93.8 Å². The molecule has 0 saturated carbocycles. The first-order valence-electron chi connectivity index (χ1n) is 14.4. The van der Waals surface area contributed by atoms with Gasteiger partial charge in [0.05, 0.1) is 28.4 Å². The molecule has 3 aromatic rings. The van der Waals surface area contributed by atoms with E-state index in [2.05, 4.69) is 15.6 Å². The number of ether oxygens (including phenoxy) is 1. The number of nitrogens with zero attached hydrogens (tertiary/aromatic N) is 2. The number of amides is 1. The summed E-state index contributed by atoms with van der Waals surface area (Å²) in [5.41, 5.74) is 1.05. The van der Waals surface area contributed by atoms with E-state index in [-0.39, 0.29) is 40.3 Å². The number of carbonyl (C=O) groups is 3. The zero-order valence-electron chi connectivity index (χ0n) is 23.9. The lowest BCUT2D eigenvalue weighted by molar-refractivity contribution is 0.0874. The van der Waals surface area contributed by atoms with E-state index >= 15 is 4.39 Å². The summed E-state index contributed by atoms with van der Waals surface area (Å²) >= 11 is 6.61. The van der Waals surface area contributed by atoms with Crippen molar-refractivity contribution in [2.75, 3.05) is 26.2 Å². The van der Waals surface area contributed by atoms with E-state index in [4.69, 9.17) is 16.3 Å². The molecule has 3 heterocycles. The summed E-state index contributed by atoms with van der Waals surface area (Å²) in [4.78, 5) is 45.9. The minimum Gasteiger partial charge on any atom is -0.410 e. The highest BCUT2D eigenvalue weighted by Gasteiger charge is 2.41. The third-order valence-corrected chi connectivity index (χ3v) is 8.61. The van der Waals surface area contributed by atoms with Crippen molar-refractivity contribution >= 4 is 29.3 Å². The predicted molar refractivity (Wildman–Crippen MR) is 158 cm³/mol. The van der Waals surface area contributed by atoms with Gasteiger partial charge < -0.3 is 20.3 Å². The highest BCUT2D eigenvalue weighted by Crippen LogP contribution is 2.39. The second-order valence-electron chi connectivity index (χ2n) is 10.9. The Labute approximate surface area is 253 Å². The number of likely N-dealkylation sites (N-methyl/N-ethyl adjacent to an activating group) is 1. The van der Waals surface area contributed by atoms with Crippen LogP contribution in [0.15, 0.2) is 54.7 Å². The molecule has 0 bridgehead atoms. The fourth-order valence-corrected chi connectivity index (χ4v) is 6.39. The van der Waals surface area contributed by atoms with Crippen molar-refractivity contribution < 1.29 is 27.9 Å². The molecule has 2 N–H and O–H groups in total. The van der Waals surface area contributed by atoms with Gasteiger partial charge in [0.15, 0.2) is 17.4 Å². The second kappa shape index (κ2) is 13.3. The first-order valence-corrected chi connectivity index (χ1v) is 14.7. The largest absolute Gasteiger partial charge is 0.415 e. The van der Waals surface area contributed by atoms with Gasteiger partial charge in [-0.05, 0) is 81.3 Å². The van der Waals surface area contributed by atoms with Crippen molar-refractivity contribution in [3.63, 3.8) is 0 Å². The summed E-state index contributed by atoms with van der Waals surface area (Å²) < 4.78 is 34.4. The number of pyridine rings is 1. The molecule has 1 aromatic heterocycles. The van der Waals surface area contributed by atoms with Crippen LogP contribution in [0.1, 0.15) is 70.6 Å². The molecule has 4 atom stereocenters. The number of rotatable bonds is 8. The molecule has 2 saturated heterocycles. The summed E-state index contributed by atoms with van der Waals surface area (Å²) in [6, 6.07) is 11.5. The van der Waals surface area contributed by atoms with E-state index in [0.29, 0.717) is 38.0 Å². The van der Waals surface area contributed by atoms with Crippen LogP contribution in [0.2, 0.25) is 5.02 Å². The molecule has 11 heteroatoms. The van der Waals surface area contributed by atoms with E-state index < -0.39 is 41.4 Å². The Hall–Kier alpha value is -3.73. The number of carbonyl (C=O) groups excluding carboxylic acids is 3. The number of aromatic nitrogens is 1. The second-order valence-corrected chi connectivity index (χ2v) is 11.2. The van der Waals surface area contributed by atoms with E-state index in [1.807, 2.05) is 18.2 Å². The lowest BCUT2D eigenvalue weighted by atomic mass is 9.80. The van der Waals surface area contributed by atoms with Gasteiger partial charge in [-0.1, -0.05) is 17.7 Å². The highest BCUT2D eigenvalue weighted by molar-refractivity contribution is 6.35. The molecule has 1 amide bonds. The van der Waals surface area contributed by atoms with Crippen molar-refractivity contribution in [2.45, 2.75) is 44.7 Å². The third-order valence-electron chi connectivity index (χ3n) is 8.26. The number of benzene rings is 2. The Morgan fingerprint density at radius 3 is 2.56 bits per heavy atom. The van der Waals surface area contributed by atoms with Gasteiger partial charge in [0.25, 0.3) is 0 Å². The molecule has 2 fully saturated rings. The van der Waals surface area contributed by atoms with Crippen LogP contribution in [0.4, 0.5) is 13.6 Å². The Morgan fingerprint density at radius 2 is 1.88 bits per heavy atom. The Morgan fingerprint density at radius 1 is 1.12 bits per heavy atom. The first-order chi connectivity index (χ1) is 20.7. The minimum atomic E-state index is -0.929. The van der Waals surface area contributed by atoms with Crippen molar-refractivity contribution in [1.29, 1.82) is 0 Å². The van der Waals surface area contributed by atoms with E-state index in [9.17, 15) is 18.8 Å². The minimum absolute atomic E-state index is 0.0393. The molecular formula is C32H33ClF2N4O4. The summed E-state index contributed by atoms with van der Waals surface area (Å²) in [6.45, 7) is 4.58. The van der Waals surface area contributed by atoms with Gasteiger partial charge in [-0.15, -0.1) is 0 Å². The molecule has 43 heavy (non-hydrogen) atoms. The molecule has 0 spiro atoms. The summed E-state index contributed by atoms with van der Waals surface area (Å²) in [6.07, 6.45) is 2.00. The van der Waals surface area contributed by atoms with Gasteiger partial charge in [-0.25, -0.2) is 13.6 Å². The number of Topliss-reactive ketones (excluding diaryl/α,β-unsaturated/α-hetero) is 2. The van der Waals surface area contributed by atoms with Crippen LogP contribution in [0.5, 0.6) is 5.75 Å². The smallest absolute Gasteiger partial charge is 0.410 e. The highest BCUT2D eigenvalue weighted by atomic mass is 35.5. The third kappa shape index (κ3) is 6.46. The normalized spacial score (nSPS) is 21.8. The van der Waals surface area contributed by atoms with Crippen LogP contribution < -0.4 is 15.4 Å². The fourth-order valence-electron chi connectivity index (χ4n) is 6.08. The molecule has 0 radical (unpaired) electrons. The van der Waals surface area contributed by atoms with Crippen LogP contribution in [0.3, 0.4) is 0 Å². The van der Waals surface area contributed by atoms with Crippen molar-refractivity contribution in [2.24, 2.45) is 5.92 Å². The quantitative estimate of drug-likeness (QED) is 0.315. The maximum atomic E-state index is 15.5. The van der Waals surface area contributed by atoms with Crippen LogP contribution >= 0.6 is 11.6 Å². The van der Waals surface area contributed by atoms with Crippen LogP contribution in [0.25, 0.3) is 0 Å². The zero-order chi connectivity index (χ0) is 30.7. The topological polar surface area (TPSA) is 101 Å². The van der Waals surface area contributed by atoms with Gasteiger partial charge in [0, 0.05) is 43.2 Å². The molecule has 0 aliphatic carbocycles. The van der Waals surface area contributed by atoms with Crippen molar-refractivity contribution in [3.8, 4) is 5.75 Å². The summed E-state index contributed by atoms with van der Waals surface area (Å²) in [7, 11) is 0. The van der Waals surface area contributed by atoms with Gasteiger partial charge in [-0.3, -0.25) is 14.6 Å². The predicted octanol–water partition coefficient (Wildman–Crippen LogP) is 5.72. The number of halogens is 3. The fraction of sp³-hybridized carbons (Fsp3) is 0.375. The molecular weight excluding hydrogens is 578 g/mol. The molecule has 2 aromatic carbocycles. The number of nitrogens with one attached hydrogen (secondary N) is 2. The van der Waals surface area contributed by atoms with Crippen LogP contribution in [-0.4, -0.2) is 59.8 Å². The first kappa shape index (κ1) is 30.7. The Balaban J connectivity index is 1.50. The van der Waals surface area contributed by atoms with E-state index in [1.165, 1.54) is 42.2 Å². The van der Waals surface area contributed by atoms with E-state index in [1.54, 1.807) is 13.1 Å². The standard InChI is InChI=1S/C32H33ClF2N4O4/c1-3-39(32(42)43-21-9-7-20(34)8-10-21)27-17-36-16-24(27)23-15-22(18(2)40)30(35)29(33)28(23)31(41)19-11-13-38-26(14-19)25-6-4-5-12-37-25/h4-10,12,15,19,24,26-27,36,38H,3,11,13-14,16-17H2,1-2H3/t19?,24-,26?,27+/m0/s1. The maximum Gasteiger partial charge on any atom is 0.415 e. The maximum absolute atomic E-state index is 15.5. The summed E-state index contributed by atoms with van der Waals surface area (Å²) in [5, 5.41) is 6.28. The number of hydrogen-bond acceptors (Lipinski definition) is 7. The molecule has 2 unspecified atom stereocenters. The summed E-state index contributed by atoms with van der Waals surface area (Å²) in [5.74, 6) is -3.00. The Bertz CT molecular complexity index is 1510. The SMILES string of the molecule is CCN(C(=O)Oc1ccc(F)cc1)[C@@H]1CNC[C@H]1c1cc(C(C)=O)c(F)c(Cl)c1C(=O)C1CCNC(c2ccccn2)C1. The lowest BCUT2D eigenvalue weighted by Gasteiger charge is -2.33. The molecule has 8 nitrogen and oxygen atoms in total. The van der Waals surface area contributed by atoms with Crippen LogP contribution in [-0.2, 0) is 0 Å². The molecule has 226 valence electrons. The van der Waals surface area contributed by atoms with Gasteiger partial charge >= 0.3 is 6.09 Å². The average molecular weight is 611 g/mol. The van der Waals surface area contributed by atoms with E-state index in [0.717, 1.165) is 5.69 Å². The van der Waals surface area contributed by atoms with Gasteiger partial charge in [0.1, 0.15) is 11.6 Å². The molecule has 2 aliphatic rings. The van der Waals surface area contributed by atoms with Crippen molar-refractivity contribution in [1.82, 2.24) is 20.5 Å². The number of hydrogen-bond donors (Lipinski definition) is 2.